The lowest BCUT2D eigenvalue weighted by Gasteiger charge is -2.36. The minimum absolute atomic E-state index is 0.177. The summed E-state index contributed by atoms with van der Waals surface area (Å²) >= 11 is 7.81. The molecule has 1 fully saturated rings. The standard InChI is InChI=1S/C21H25ClN6OS/c1-14-16(15(2)28-20(23-14)24-21(25-28)30-3)8-9-19(29)27-12-10-26(11-13-27)18-7-5-4-6-17(18)22/h4-7H,8-13H2,1-3H3. The Labute approximate surface area is 185 Å². The van der Waals surface area contributed by atoms with E-state index in [1.54, 1.807) is 4.52 Å². The highest BCUT2D eigenvalue weighted by Crippen LogP contribution is 2.26. The summed E-state index contributed by atoms with van der Waals surface area (Å²) in [7, 11) is 0. The molecule has 1 amide bonds. The molecule has 1 aromatic carbocycles. The largest absolute Gasteiger partial charge is 0.367 e. The first-order valence-corrected chi connectivity index (χ1v) is 11.6. The van der Waals surface area contributed by atoms with Gasteiger partial charge >= 0.3 is 0 Å². The first kappa shape index (κ1) is 20.9. The maximum Gasteiger partial charge on any atom is 0.253 e. The SMILES string of the molecule is CSc1nc2nc(C)c(CCC(=O)N3CCN(c4ccccc4Cl)CC3)c(C)n2n1. The zero-order valence-electron chi connectivity index (χ0n) is 17.4. The number of thioether (sulfide) groups is 1. The van der Waals surface area contributed by atoms with E-state index in [9.17, 15) is 4.79 Å². The summed E-state index contributed by atoms with van der Waals surface area (Å²) in [5, 5.41) is 5.94. The first-order valence-electron chi connectivity index (χ1n) is 10.0. The van der Waals surface area contributed by atoms with E-state index in [0.29, 0.717) is 36.9 Å². The van der Waals surface area contributed by atoms with Gasteiger partial charge in [-0.3, -0.25) is 4.79 Å². The molecular formula is C21H25ClN6OS. The predicted molar refractivity (Wildman–Crippen MR) is 121 cm³/mol. The van der Waals surface area contributed by atoms with Crippen LogP contribution in [0.2, 0.25) is 5.02 Å². The Bertz CT molecular complexity index is 1080. The van der Waals surface area contributed by atoms with Crippen molar-refractivity contribution in [2.75, 3.05) is 37.3 Å². The van der Waals surface area contributed by atoms with E-state index in [0.717, 1.165) is 40.8 Å². The van der Waals surface area contributed by atoms with Crippen LogP contribution in [0.15, 0.2) is 29.4 Å². The van der Waals surface area contributed by atoms with Crippen LogP contribution in [0.25, 0.3) is 5.78 Å². The number of piperazine rings is 1. The number of benzene rings is 1. The molecule has 4 rings (SSSR count). The van der Waals surface area contributed by atoms with E-state index in [2.05, 4.69) is 20.0 Å². The summed E-state index contributed by atoms with van der Waals surface area (Å²) in [6, 6.07) is 7.86. The number of rotatable bonds is 5. The van der Waals surface area contributed by atoms with Crippen molar-refractivity contribution in [2.24, 2.45) is 0 Å². The lowest BCUT2D eigenvalue weighted by atomic mass is 10.1. The van der Waals surface area contributed by atoms with Gasteiger partial charge in [0.15, 0.2) is 0 Å². The van der Waals surface area contributed by atoms with Gasteiger partial charge in [-0.15, -0.1) is 5.10 Å². The molecule has 1 aliphatic heterocycles. The molecule has 0 spiro atoms. The molecule has 7 nitrogen and oxygen atoms in total. The molecule has 0 N–H and O–H groups in total. The van der Waals surface area contributed by atoms with E-state index in [-0.39, 0.29) is 5.91 Å². The molecule has 0 bridgehead atoms. The smallest absolute Gasteiger partial charge is 0.253 e. The number of halogens is 1. The highest BCUT2D eigenvalue weighted by molar-refractivity contribution is 7.98. The first-order chi connectivity index (χ1) is 14.5. The lowest BCUT2D eigenvalue weighted by molar-refractivity contribution is -0.131. The molecule has 0 unspecified atom stereocenters. The second kappa shape index (κ2) is 8.81. The minimum Gasteiger partial charge on any atom is -0.367 e. The molecule has 1 aliphatic rings. The van der Waals surface area contributed by atoms with Crippen LogP contribution in [-0.4, -0.2) is 62.8 Å². The zero-order chi connectivity index (χ0) is 21.3. The summed E-state index contributed by atoms with van der Waals surface area (Å²) in [6.45, 7) is 6.99. The Morgan fingerprint density at radius 3 is 2.57 bits per heavy atom. The number of anilines is 1. The Balaban J connectivity index is 1.39. The maximum absolute atomic E-state index is 12.8. The summed E-state index contributed by atoms with van der Waals surface area (Å²) in [6.07, 6.45) is 3.06. The second-order valence-corrected chi connectivity index (χ2v) is 8.57. The van der Waals surface area contributed by atoms with E-state index in [1.807, 2.05) is 49.3 Å². The highest BCUT2D eigenvalue weighted by Gasteiger charge is 2.23. The van der Waals surface area contributed by atoms with Gasteiger partial charge in [0, 0.05) is 44.0 Å². The number of fused-ring (bicyclic) bond motifs is 1. The number of nitrogens with zero attached hydrogens (tertiary/aromatic N) is 6. The van der Waals surface area contributed by atoms with Crippen LogP contribution < -0.4 is 4.90 Å². The van der Waals surface area contributed by atoms with Crippen molar-refractivity contribution < 1.29 is 4.79 Å². The molecule has 3 heterocycles. The van der Waals surface area contributed by atoms with E-state index >= 15 is 0 Å². The van der Waals surface area contributed by atoms with Crippen LogP contribution in [0.4, 0.5) is 5.69 Å². The molecule has 9 heteroatoms. The van der Waals surface area contributed by atoms with Crippen molar-refractivity contribution in [1.29, 1.82) is 0 Å². The highest BCUT2D eigenvalue weighted by atomic mass is 35.5. The fourth-order valence-corrected chi connectivity index (χ4v) is 4.52. The van der Waals surface area contributed by atoms with Crippen LogP contribution in [0.1, 0.15) is 23.4 Å². The van der Waals surface area contributed by atoms with Gasteiger partial charge in [-0.25, -0.2) is 9.50 Å². The number of aryl methyl sites for hydroxylation is 2. The normalized spacial score (nSPS) is 14.5. The molecule has 0 aliphatic carbocycles. The third kappa shape index (κ3) is 4.11. The van der Waals surface area contributed by atoms with Crippen LogP contribution in [0, 0.1) is 13.8 Å². The summed E-state index contributed by atoms with van der Waals surface area (Å²) in [4.78, 5) is 26.0. The van der Waals surface area contributed by atoms with Gasteiger partial charge < -0.3 is 9.80 Å². The number of hydrogen-bond acceptors (Lipinski definition) is 6. The van der Waals surface area contributed by atoms with Gasteiger partial charge in [0.2, 0.25) is 11.1 Å². The van der Waals surface area contributed by atoms with Crippen molar-refractivity contribution in [1.82, 2.24) is 24.5 Å². The number of carbonyl (C=O) groups excluding carboxylic acids is 1. The Morgan fingerprint density at radius 1 is 1.13 bits per heavy atom. The monoisotopic (exact) mass is 444 g/mol. The molecule has 3 aromatic rings. The van der Waals surface area contributed by atoms with Crippen molar-refractivity contribution in [3.8, 4) is 0 Å². The Kier molecular flexibility index (Phi) is 6.15. The average Bonchev–Trinajstić information content (AvgIpc) is 3.17. The Hall–Kier alpha value is -2.32. The van der Waals surface area contributed by atoms with Crippen LogP contribution in [0.3, 0.4) is 0 Å². The summed E-state index contributed by atoms with van der Waals surface area (Å²) in [5.74, 6) is 0.788. The fourth-order valence-electron chi connectivity index (χ4n) is 3.93. The lowest BCUT2D eigenvalue weighted by Crippen LogP contribution is -2.49. The molecule has 0 radical (unpaired) electrons. The summed E-state index contributed by atoms with van der Waals surface area (Å²) in [5.41, 5.74) is 4.02. The van der Waals surface area contributed by atoms with E-state index in [4.69, 9.17) is 11.6 Å². The molecule has 0 saturated carbocycles. The Morgan fingerprint density at radius 2 is 1.87 bits per heavy atom. The van der Waals surface area contributed by atoms with Gasteiger partial charge in [-0.1, -0.05) is 35.5 Å². The number of para-hydroxylation sites is 1. The maximum atomic E-state index is 12.8. The third-order valence-electron chi connectivity index (χ3n) is 5.63. The summed E-state index contributed by atoms with van der Waals surface area (Å²) < 4.78 is 1.78. The average molecular weight is 445 g/mol. The quantitative estimate of drug-likeness (QED) is 0.562. The van der Waals surface area contributed by atoms with Crippen molar-refractivity contribution >= 4 is 40.7 Å². The molecule has 2 aromatic heterocycles. The fraction of sp³-hybridized carbons (Fsp3) is 0.429. The van der Waals surface area contributed by atoms with E-state index in [1.165, 1.54) is 11.8 Å². The van der Waals surface area contributed by atoms with Crippen molar-refractivity contribution in [3.05, 3.63) is 46.2 Å². The third-order valence-corrected chi connectivity index (χ3v) is 6.48. The molecule has 0 atom stereocenters. The molecule has 30 heavy (non-hydrogen) atoms. The zero-order valence-corrected chi connectivity index (χ0v) is 19.0. The number of carbonyl (C=O) groups is 1. The van der Waals surface area contributed by atoms with E-state index < -0.39 is 0 Å². The van der Waals surface area contributed by atoms with Crippen molar-refractivity contribution in [3.63, 3.8) is 0 Å². The molecule has 158 valence electrons. The number of aromatic nitrogens is 4. The predicted octanol–water partition coefficient (Wildman–Crippen LogP) is 3.40. The van der Waals surface area contributed by atoms with Crippen LogP contribution in [0.5, 0.6) is 0 Å². The van der Waals surface area contributed by atoms with Crippen LogP contribution in [-0.2, 0) is 11.2 Å². The van der Waals surface area contributed by atoms with Crippen LogP contribution >= 0.6 is 23.4 Å². The topological polar surface area (TPSA) is 66.6 Å². The minimum atomic E-state index is 0.177. The van der Waals surface area contributed by atoms with Gasteiger partial charge in [0.05, 0.1) is 10.7 Å². The number of hydrogen-bond donors (Lipinski definition) is 0. The molecule has 1 saturated heterocycles. The number of amides is 1. The van der Waals surface area contributed by atoms with Gasteiger partial charge in [0.1, 0.15) is 0 Å². The van der Waals surface area contributed by atoms with Gasteiger partial charge in [-0.2, -0.15) is 4.98 Å². The second-order valence-electron chi connectivity index (χ2n) is 7.39. The molecular weight excluding hydrogens is 420 g/mol. The van der Waals surface area contributed by atoms with Gasteiger partial charge in [-0.05, 0) is 44.2 Å². The van der Waals surface area contributed by atoms with Crippen molar-refractivity contribution in [2.45, 2.75) is 31.8 Å². The van der Waals surface area contributed by atoms with Gasteiger partial charge in [0.25, 0.3) is 5.78 Å².